The SMILES string of the molecule is CC(C#N)Nc1cc(C#N)ccc1Cl. The van der Waals surface area contributed by atoms with Crippen molar-refractivity contribution in [2.45, 2.75) is 13.0 Å². The van der Waals surface area contributed by atoms with E-state index in [1.54, 1.807) is 25.1 Å². The minimum atomic E-state index is -0.332. The van der Waals surface area contributed by atoms with Crippen LogP contribution in [0.1, 0.15) is 12.5 Å². The molecule has 0 saturated heterocycles. The van der Waals surface area contributed by atoms with Crippen molar-refractivity contribution in [3.8, 4) is 12.1 Å². The highest BCUT2D eigenvalue weighted by Gasteiger charge is 2.04. The van der Waals surface area contributed by atoms with Crippen molar-refractivity contribution in [1.82, 2.24) is 0 Å². The molecule has 70 valence electrons. The number of nitrogens with zero attached hydrogens (tertiary/aromatic N) is 2. The van der Waals surface area contributed by atoms with Crippen molar-refractivity contribution >= 4 is 17.3 Å². The summed E-state index contributed by atoms with van der Waals surface area (Å²) >= 11 is 5.87. The Morgan fingerprint density at radius 3 is 2.71 bits per heavy atom. The monoisotopic (exact) mass is 205 g/mol. The van der Waals surface area contributed by atoms with E-state index in [0.717, 1.165) is 0 Å². The van der Waals surface area contributed by atoms with Crippen LogP contribution in [0, 0.1) is 22.7 Å². The smallest absolute Gasteiger partial charge is 0.111 e. The Morgan fingerprint density at radius 2 is 2.14 bits per heavy atom. The first-order valence-corrected chi connectivity index (χ1v) is 4.41. The number of hydrogen-bond acceptors (Lipinski definition) is 3. The Morgan fingerprint density at radius 1 is 1.43 bits per heavy atom. The number of anilines is 1. The lowest BCUT2D eigenvalue weighted by molar-refractivity contribution is 1.01. The van der Waals surface area contributed by atoms with Gasteiger partial charge in [0, 0.05) is 0 Å². The van der Waals surface area contributed by atoms with Gasteiger partial charge < -0.3 is 5.32 Å². The largest absolute Gasteiger partial charge is 0.369 e. The first-order valence-electron chi connectivity index (χ1n) is 4.03. The highest BCUT2D eigenvalue weighted by atomic mass is 35.5. The molecule has 0 heterocycles. The molecule has 0 spiro atoms. The maximum Gasteiger partial charge on any atom is 0.111 e. The second kappa shape index (κ2) is 4.50. The van der Waals surface area contributed by atoms with E-state index in [1.165, 1.54) is 0 Å². The van der Waals surface area contributed by atoms with Crippen molar-refractivity contribution in [3.05, 3.63) is 28.8 Å². The molecule has 1 atom stereocenters. The summed E-state index contributed by atoms with van der Waals surface area (Å²) in [6.07, 6.45) is 0. The predicted molar refractivity (Wildman–Crippen MR) is 54.9 cm³/mol. The molecule has 1 N–H and O–H groups in total. The van der Waals surface area contributed by atoms with Crippen LogP contribution >= 0.6 is 11.6 Å². The van der Waals surface area contributed by atoms with E-state index >= 15 is 0 Å². The van der Waals surface area contributed by atoms with Crippen LogP contribution in [0.5, 0.6) is 0 Å². The molecule has 0 saturated carbocycles. The van der Waals surface area contributed by atoms with Crippen LogP contribution < -0.4 is 5.32 Å². The van der Waals surface area contributed by atoms with Gasteiger partial charge in [-0.15, -0.1) is 0 Å². The van der Waals surface area contributed by atoms with Crippen molar-refractivity contribution in [2.24, 2.45) is 0 Å². The van der Waals surface area contributed by atoms with Crippen LogP contribution in [-0.4, -0.2) is 6.04 Å². The van der Waals surface area contributed by atoms with E-state index in [-0.39, 0.29) is 6.04 Å². The molecule has 1 rings (SSSR count). The Bertz CT molecular complexity index is 414. The summed E-state index contributed by atoms with van der Waals surface area (Å²) in [6, 6.07) is 8.58. The van der Waals surface area contributed by atoms with Crippen LogP contribution in [-0.2, 0) is 0 Å². The molecular weight excluding hydrogens is 198 g/mol. The number of nitriles is 2. The zero-order valence-corrected chi connectivity index (χ0v) is 8.34. The zero-order valence-electron chi connectivity index (χ0n) is 7.58. The molecule has 0 aliphatic carbocycles. The van der Waals surface area contributed by atoms with Gasteiger partial charge in [0.25, 0.3) is 0 Å². The molecule has 0 bridgehead atoms. The lowest BCUT2D eigenvalue weighted by Crippen LogP contribution is -2.12. The van der Waals surface area contributed by atoms with Gasteiger partial charge >= 0.3 is 0 Å². The zero-order chi connectivity index (χ0) is 10.6. The van der Waals surface area contributed by atoms with E-state index in [0.29, 0.717) is 16.3 Å². The molecular formula is C10H8ClN3. The Balaban J connectivity index is 2.97. The molecule has 3 nitrogen and oxygen atoms in total. The van der Waals surface area contributed by atoms with E-state index in [1.807, 2.05) is 12.1 Å². The Kier molecular flexibility index (Phi) is 3.34. The number of rotatable bonds is 2. The number of benzene rings is 1. The van der Waals surface area contributed by atoms with E-state index in [2.05, 4.69) is 5.32 Å². The average Bonchev–Trinajstić information content (AvgIpc) is 2.21. The van der Waals surface area contributed by atoms with Crippen LogP contribution in [0.2, 0.25) is 5.02 Å². The van der Waals surface area contributed by atoms with Gasteiger partial charge in [0.1, 0.15) is 6.04 Å². The van der Waals surface area contributed by atoms with Crippen LogP contribution in [0.15, 0.2) is 18.2 Å². The van der Waals surface area contributed by atoms with E-state index < -0.39 is 0 Å². The summed E-state index contributed by atoms with van der Waals surface area (Å²) in [4.78, 5) is 0. The molecule has 0 radical (unpaired) electrons. The molecule has 1 aromatic carbocycles. The second-order valence-electron chi connectivity index (χ2n) is 2.80. The minimum Gasteiger partial charge on any atom is -0.369 e. The van der Waals surface area contributed by atoms with Crippen molar-refractivity contribution < 1.29 is 0 Å². The van der Waals surface area contributed by atoms with E-state index in [9.17, 15) is 0 Å². The van der Waals surface area contributed by atoms with Gasteiger partial charge in [0.2, 0.25) is 0 Å². The molecule has 0 amide bonds. The number of nitrogens with one attached hydrogen (secondary N) is 1. The summed E-state index contributed by atoms with van der Waals surface area (Å²) in [6.45, 7) is 1.72. The Labute approximate surface area is 87.5 Å². The van der Waals surface area contributed by atoms with Gasteiger partial charge in [-0.2, -0.15) is 10.5 Å². The molecule has 4 heteroatoms. The highest BCUT2D eigenvalue weighted by Crippen LogP contribution is 2.23. The fraction of sp³-hybridized carbons (Fsp3) is 0.200. The topological polar surface area (TPSA) is 59.6 Å². The van der Waals surface area contributed by atoms with Gasteiger partial charge in [-0.1, -0.05) is 11.6 Å². The normalized spacial score (nSPS) is 11.1. The second-order valence-corrected chi connectivity index (χ2v) is 3.21. The fourth-order valence-corrected chi connectivity index (χ4v) is 1.14. The third-order valence-electron chi connectivity index (χ3n) is 1.66. The third kappa shape index (κ3) is 2.39. The maximum absolute atomic E-state index is 8.66. The predicted octanol–water partition coefficient (Wildman–Crippen LogP) is 2.54. The molecule has 1 aromatic rings. The maximum atomic E-state index is 8.66. The number of halogens is 1. The molecule has 0 aliphatic heterocycles. The molecule has 0 fully saturated rings. The summed E-state index contributed by atoms with van der Waals surface area (Å²) in [5.41, 5.74) is 1.13. The lowest BCUT2D eigenvalue weighted by Gasteiger charge is -2.09. The average molecular weight is 206 g/mol. The van der Waals surface area contributed by atoms with Crippen LogP contribution in [0.4, 0.5) is 5.69 Å². The first kappa shape index (κ1) is 10.4. The lowest BCUT2D eigenvalue weighted by atomic mass is 10.2. The number of hydrogen-bond donors (Lipinski definition) is 1. The standard InChI is InChI=1S/C10H8ClN3/c1-7(5-12)14-10-4-8(6-13)2-3-9(10)11/h2-4,7,14H,1H3. The van der Waals surface area contributed by atoms with Gasteiger partial charge in [0.05, 0.1) is 28.4 Å². The molecule has 0 aromatic heterocycles. The summed E-state index contributed by atoms with van der Waals surface area (Å²) < 4.78 is 0. The summed E-state index contributed by atoms with van der Waals surface area (Å²) in [5.74, 6) is 0. The Hall–Kier alpha value is -1.71. The summed E-state index contributed by atoms with van der Waals surface area (Å²) in [5, 5.41) is 20.6. The highest BCUT2D eigenvalue weighted by molar-refractivity contribution is 6.33. The molecule has 0 aliphatic rings. The van der Waals surface area contributed by atoms with Gasteiger partial charge in [-0.25, -0.2) is 0 Å². The van der Waals surface area contributed by atoms with Gasteiger partial charge in [-0.05, 0) is 25.1 Å². The van der Waals surface area contributed by atoms with Crippen molar-refractivity contribution in [3.63, 3.8) is 0 Å². The molecule has 1 unspecified atom stereocenters. The van der Waals surface area contributed by atoms with Crippen LogP contribution in [0.3, 0.4) is 0 Å². The van der Waals surface area contributed by atoms with Gasteiger partial charge in [0.15, 0.2) is 0 Å². The third-order valence-corrected chi connectivity index (χ3v) is 1.99. The molecule has 14 heavy (non-hydrogen) atoms. The first-order chi connectivity index (χ1) is 6.67. The minimum absolute atomic E-state index is 0.332. The van der Waals surface area contributed by atoms with Crippen molar-refractivity contribution in [2.75, 3.05) is 5.32 Å². The fourth-order valence-electron chi connectivity index (χ4n) is 0.971. The quantitative estimate of drug-likeness (QED) is 0.807. The van der Waals surface area contributed by atoms with Crippen LogP contribution in [0.25, 0.3) is 0 Å². The van der Waals surface area contributed by atoms with Gasteiger partial charge in [-0.3, -0.25) is 0 Å². The van der Waals surface area contributed by atoms with Crippen molar-refractivity contribution in [1.29, 1.82) is 10.5 Å². The summed E-state index contributed by atoms with van der Waals surface area (Å²) in [7, 11) is 0. The van der Waals surface area contributed by atoms with E-state index in [4.69, 9.17) is 22.1 Å².